The van der Waals surface area contributed by atoms with Gasteiger partial charge in [0.2, 0.25) is 0 Å². The van der Waals surface area contributed by atoms with Crippen LogP contribution in [0.25, 0.3) is 0 Å². The van der Waals surface area contributed by atoms with E-state index in [0.717, 1.165) is 47.7 Å². The maximum Gasteiger partial charge on any atom is 0.343 e. The van der Waals surface area contributed by atoms with Gasteiger partial charge in [-0.3, -0.25) is 0 Å². The van der Waals surface area contributed by atoms with E-state index in [2.05, 4.69) is 52.8 Å². The van der Waals surface area contributed by atoms with Crippen molar-refractivity contribution in [2.24, 2.45) is 46.3 Å². The third-order valence-electron chi connectivity index (χ3n) is 12.9. The second-order valence-corrected chi connectivity index (χ2v) is 15.5. The van der Waals surface area contributed by atoms with Crippen LogP contribution in [0, 0.1) is 46.3 Å². The van der Waals surface area contributed by atoms with Crippen molar-refractivity contribution >= 4 is 5.97 Å². The molecule has 2 aromatic rings. The van der Waals surface area contributed by atoms with Crippen LogP contribution >= 0.6 is 0 Å². The highest BCUT2D eigenvalue weighted by Crippen LogP contribution is 2.68. The first-order chi connectivity index (χ1) is 20.2. The highest BCUT2D eigenvalue weighted by atomic mass is 16.5. The predicted octanol–water partition coefficient (Wildman–Crippen LogP) is 11.0. The fourth-order valence-electron chi connectivity index (χ4n) is 10.6. The zero-order chi connectivity index (χ0) is 29.5. The van der Waals surface area contributed by atoms with E-state index in [1.165, 1.54) is 69.8 Å². The maximum absolute atomic E-state index is 12.9. The number of esters is 1. The van der Waals surface area contributed by atoms with Crippen molar-refractivity contribution in [3.8, 4) is 5.75 Å². The molecule has 4 aliphatic carbocycles. The van der Waals surface area contributed by atoms with Crippen molar-refractivity contribution in [2.75, 3.05) is 0 Å². The van der Waals surface area contributed by atoms with E-state index in [-0.39, 0.29) is 5.97 Å². The number of carbonyl (C=O) groups excluding carboxylic acids is 1. The molecule has 2 aromatic carbocycles. The molecule has 4 aliphatic rings. The van der Waals surface area contributed by atoms with Crippen molar-refractivity contribution in [3.05, 3.63) is 77.4 Å². The first kappa shape index (κ1) is 29.7. The Hall–Kier alpha value is -2.35. The molecule has 0 heterocycles. The van der Waals surface area contributed by atoms with Crippen molar-refractivity contribution in [3.63, 3.8) is 0 Å². The number of fused-ring (bicyclic) bond motifs is 5. The summed E-state index contributed by atoms with van der Waals surface area (Å²) in [6.07, 6.45) is 17.5. The smallest absolute Gasteiger partial charge is 0.343 e. The molecule has 0 saturated heterocycles. The van der Waals surface area contributed by atoms with Gasteiger partial charge < -0.3 is 4.74 Å². The summed E-state index contributed by atoms with van der Waals surface area (Å²) < 4.78 is 6.00. The summed E-state index contributed by atoms with van der Waals surface area (Å²) in [6, 6.07) is 17.6. The van der Waals surface area contributed by atoms with Gasteiger partial charge >= 0.3 is 5.97 Å². The average molecular weight is 567 g/mol. The first-order valence-corrected chi connectivity index (χ1v) is 17.3. The molecule has 0 N–H and O–H groups in total. The Morgan fingerprint density at radius 3 is 2.43 bits per heavy atom. The molecule has 3 saturated carbocycles. The van der Waals surface area contributed by atoms with Gasteiger partial charge in [-0.05, 0) is 127 Å². The van der Waals surface area contributed by atoms with Crippen LogP contribution in [-0.2, 0) is 0 Å². The molecule has 0 aromatic heterocycles. The van der Waals surface area contributed by atoms with E-state index >= 15 is 0 Å². The van der Waals surface area contributed by atoms with Crippen LogP contribution in [0.4, 0.5) is 0 Å². The molecule has 2 nitrogen and oxygen atoms in total. The van der Waals surface area contributed by atoms with E-state index in [1.54, 1.807) is 5.57 Å². The van der Waals surface area contributed by atoms with Crippen LogP contribution in [0.3, 0.4) is 0 Å². The van der Waals surface area contributed by atoms with Crippen molar-refractivity contribution in [1.82, 2.24) is 0 Å². The number of rotatable bonds is 8. The van der Waals surface area contributed by atoms with Crippen LogP contribution in [0.2, 0.25) is 0 Å². The van der Waals surface area contributed by atoms with Crippen LogP contribution in [0.1, 0.15) is 127 Å². The molecule has 0 aliphatic heterocycles. The summed E-state index contributed by atoms with van der Waals surface area (Å²) >= 11 is 0. The van der Waals surface area contributed by atoms with E-state index in [0.29, 0.717) is 22.3 Å². The quantitative estimate of drug-likeness (QED) is 0.180. The zero-order valence-corrected chi connectivity index (χ0v) is 26.9. The average Bonchev–Trinajstić information content (AvgIpc) is 3.34. The molecule has 0 bridgehead atoms. The normalized spacial score (nSPS) is 34.6. The zero-order valence-electron chi connectivity index (χ0n) is 26.9. The molecule has 0 spiro atoms. The molecule has 2 heteroatoms. The second kappa shape index (κ2) is 12.0. The van der Waals surface area contributed by atoms with Gasteiger partial charge in [0.15, 0.2) is 0 Å². The van der Waals surface area contributed by atoms with Gasteiger partial charge in [0, 0.05) is 0 Å². The Kier molecular flexibility index (Phi) is 8.47. The molecule has 226 valence electrons. The van der Waals surface area contributed by atoms with Gasteiger partial charge in [0.05, 0.1) is 5.56 Å². The van der Waals surface area contributed by atoms with E-state index in [4.69, 9.17) is 4.74 Å². The van der Waals surface area contributed by atoms with Crippen molar-refractivity contribution in [2.45, 2.75) is 111 Å². The minimum atomic E-state index is -0.266. The van der Waals surface area contributed by atoms with Crippen molar-refractivity contribution in [1.29, 1.82) is 0 Å². The summed E-state index contributed by atoms with van der Waals surface area (Å²) in [5.41, 5.74) is 4.38. The number of allylic oxidation sites excluding steroid dienone is 2. The summed E-state index contributed by atoms with van der Waals surface area (Å²) in [5, 5.41) is 0. The number of ether oxygens (including phenoxy) is 1. The van der Waals surface area contributed by atoms with E-state index in [9.17, 15) is 4.79 Å². The number of benzene rings is 2. The lowest BCUT2D eigenvalue weighted by molar-refractivity contribution is -0.0510. The standard InChI is InChI=1S/C40H54O2/c1-27(2)12-11-13-28(3)34-20-21-35-33-19-18-31-26-30(22-24-39(31,4)36(33)23-25-40(34,35)5)32-16-9-10-17-37(32)42-38(41)29-14-7-6-8-15-29/h6-10,14-18,27-28,30,33-36H,11-13,19-26H2,1-5H3/t28-,30+,33+,34-,35+,36+,39+,40-/m1/s1. The number of para-hydroxylation sites is 1. The SMILES string of the molecule is CC(C)CCC[C@@H](C)[C@H]1CC[C@H]2[C@@H]3CC=C4C[C@@H](c5ccccc5OC(=O)c5ccccc5)CC[C@]4(C)[C@H]3CC[C@]12C. The van der Waals surface area contributed by atoms with E-state index < -0.39 is 0 Å². The van der Waals surface area contributed by atoms with Gasteiger partial charge in [0.1, 0.15) is 5.75 Å². The maximum atomic E-state index is 12.9. The summed E-state index contributed by atoms with van der Waals surface area (Å²) in [7, 11) is 0. The monoisotopic (exact) mass is 566 g/mol. The topological polar surface area (TPSA) is 26.3 Å². The molecule has 0 unspecified atom stereocenters. The molecule has 0 radical (unpaired) electrons. The first-order valence-electron chi connectivity index (χ1n) is 17.3. The predicted molar refractivity (Wildman–Crippen MR) is 174 cm³/mol. The van der Waals surface area contributed by atoms with Gasteiger partial charge in [0.25, 0.3) is 0 Å². The lowest BCUT2D eigenvalue weighted by atomic mass is 9.46. The summed E-state index contributed by atoms with van der Waals surface area (Å²) in [5.74, 6) is 6.10. The van der Waals surface area contributed by atoms with Crippen LogP contribution in [-0.4, -0.2) is 5.97 Å². The minimum absolute atomic E-state index is 0.266. The van der Waals surface area contributed by atoms with Gasteiger partial charge in [-0.1, -0.05) is 102 Å². The molecular weight excluding hydrogens is 512 g/mol. The minimum Gasteiger partial charge on any atom is -0.423 e. The van der Waals surface area contributed by atoms with Crippen LogP contribution in [0.5, 0.6) is 5.75 Å². The lowest BCUT2D eigenvalue weighted by Crippen LogP contribution is -2.50. The fraction of sp³-hybridized carbons (Fsp3) is 0.625. The Balaban J connectivity index is 1.16. The molecule has 8 atom stereocenters. The largest absolute Gasteiger partial charge is 0.423 e. The number of hydrogen-bond donors (Lipinski definition) is 0. The van der Waals surface area contributed by atoms with E-state index in [1.807, 2.05) is 42.5 Å². The van der Waals surface area contributed by atoms with Gasteiger partial charge in [-0.15, -0.1) is 0 Å². The Bertz CT molecular complexity index is 1280. The lowest BCUT2D eigenvalue weighted by Gasteiger charge is -2.58. The Labute approximate surface area is 255 Å². The van der Waals surface area contributed by atoms with Crippen LogP contribution in [0.15, 0.2) is 66.2 Å². The van der Waals surface area contributed by atoms with Gasteiger partial charge in [-0.25, -0.2) is 4.79 Å². The summed E-state index contributed by atoms with van der Waals surface area (Å²) in [4.78, 5) is 12.9. The third kappa shape index (κ3) is 5.41. The third-order valence-corrected chi connectivity index (χ3v) is 12.9. The van der Waals surface area contributed by atoms with Crippen LogP contribution < -0.4 is 4.74 Å². The highest BCUT2D eigenvalue weighted by molar-refractivity contribution is 5.91. The fourth-order valence-corrected chi connectivity index (χ4v) is 10.6. The number of carbonyl (C=O) groups is 1. The summed E-state index contributed by atoms with van der Waals surface area (Å²) in [6.45, 7) is 12.7. The molecular formula is C40H54O2. The second-order valence-electron chi connectivity index (χ2n) is 15.5. The molecule has 3 fully saturated rings. The Morgan fingerprint density at radius 1 is 0.881 bits per heavy atom. The number of hydrogen-bond acceptors (Lipinski definition) is 2. The molecule has 0 amide bonds. The van der Waals surface area contributed by atoms with Gasteiger partial charge in [-0.2, -0.15) is 0 Å². The highest BCUT2D eigenvalue weighted by Gasteiger charge is 2.59. The van der Waals surface area contributed by atoms with Crippen molar-refractivity contribution < 1.29 is 9.53 Å². The molecule has 42 heavy (non-hydrogen) atoms. The molecule has 6 rings (SSSR count). The Morgan fingerprint density at radius 2 is 1.64 bits per heavy atom.